The van der Waals surface area contributed by atoms with E-state index in [-0.39, 0.29) is 5.56 Å². The van der Waals surface area contributed by atoms with Gasteiger partial charge in [-0.15, -0.1) is 10.2 Å². The number of thioether (sulfide) groups is 1. The molecule has 0 N–H and O–H groups in total. The molecule has 0 saturated carbocycles. The van der Waals surface area contributed by atoms with Gasteiger partial charge < -0.3 is 0 Å². The molecular weight excluding hydrogens is 284 g/mol. The first-order valence-corrected chi connectivity index (χ1v) is 7.78. The van der Waals surface area contributed by atoms with Gasteiger partial charge in [0.2, 0.25) is 5.65 Å². The lowest BCUT2D eigenvalue weighted by Crippen LogP contribution is -2.21. The second-order valence-corrected chi connectivity index (χ2v) is 6.03. The van der Waals surface area contributed by atoms with Crippen LogP contribution in [-0.2, 0) is 0 Å². The molecule has 0 aliphatic heterocycles. The molecule has 0 saturated heterocycles. The van der Waals surface area contributed by atoms with Gasteiger partial charge in [-0.2, -0.15) is 0 Å². The van der Waals surface area contributed by atoms with Crippen LogP contribution in [0.15, 0.2) is 40.5 Å². The molecule has 0 aliphatic carbocycles. The van der Waals surface area contributed by atoms with Gasteiger partial charge in [-0.1, -0.05) is 30.8 Å². The monoisotopic (exact) mass is 300 g/mol. The van der Waals surface area contributed by atoms with Gasteiger partial charge in [0, 0.05) is 12.4 Å². The van der Waals surface area contributed by atoms with E-state index in [9.17, 15) is 4.79 Å². The van der Waals surface area contributed by atoms with E-state index < -0.39 is 0 Å². The predicted molar refractivity (Wildman–Crippen MR) is 84.5 cm³/mol. The zero-order valence-electron chi connectivity index (χ0n) is 12.2. The summed E-state index contributed by atoms with van der Waals surface area (Å²) >= 11 is 1.57. The van der Waals surface area contributed by atoms with Crippen molar-refractivity contribution in [1.82, 2.24) is 19.2 Å². The van der Waals surface area contributed by atoms with E-state index in [1.54, 1.807) is 26.9 Å². The minimum Gasteiger partial charge on any atom is -0.279 e. The minimum atomic E-state index is -0.151. The Balaban J connectivity index is 2.24. The number of hydrogen-bond acceptors (Lipinski definition) is 4. The second-order valence-electron chi connectivity index (χ2n) is 4.80. The summed E-state index contributed by atoms with van der Waals surface area (Å²) in [6, 6.07) is 5.93. The number of aromatic nitrogens is 4. The summed E-state index contributed by atoms with van der Waals surface area (Å²) in [5, 5.41) is 8.86. The van der Waals surface area contributed by atoms with Gasteiger partial charge in [-0.3, -0.25) is 13.8 Å². The Bertz CT molecular complexity index is 866. The first-order valence-electron chi connectivity index (χ1n) is 6.79. The maximum Gasteiger partial charge on any atom is 0.300 e. The molecule has 0 bridgehead atoms. The van der Waals surface area contributed by atoms with Crippen molar-refractivity contribution in [2.24, 2.45) is 0 Å². The van der Waals surface area contributed by atoms with Gasteiger partial charge in [0.15, 0.2) is 5.16 Å². The maximum absolute atomic E-state index is 12.6. The first-order chi connectivity index (χ1) is 10.1. The van der Waals surface area contributed by atoms with Crippen molar-refractivity contribution in [3.63, 3.8) is 0 Å². The van der Waals surface area contributed by atoms with Crippen LogP contribution in [0.2, 0.25) is 0 Å². The summed E-state index contributed by atoms with van der Waals surface area (Å²) in [6.07, 6.45) is 3.62. The predicted octanol–water partition coefficient (Wildman–Crippen LogP) is 2.61. The van der Waals surface area contributed by atoms with Gasteiger partial charge >= 0.3 is 5.56 Å². The van der Waals surface area contributed by atoms with Gasteiger partial charge in [-0.05, 0) is 36.8 Å². The van der Waals surface area contributed by atoms with Crippen molar-refractivity contribution in [3.8, 4) is 5.69 Å². The highest BCUT2D eigenvalue weighted by Gasteiger charge is 2.12. The summed E-state index contributed by atoms with van der Waals surface area (Å²) < 4.78 is 3.38. The lowest BCUT2D eigenvalue weighted by Gasteiger charge is -2.11. The number of benzene rings is 1. The van der Waals surface area contributed by atoms with Crippen LogP contribution < -0.4 is 5.56 Å². The van der Waals surface area contributed by atoms with Crippen LogP contribution in [0, 0.1) is 13.8 Å². The van der Waals surface area contributed by atoms with Crippen LogP contribution in [0.25, 0.3) is 11.3 Å². The molecule has 0 amide bonds. The molecule has 0 radical (unpaired) electrons. The van der Waals surface area contributed by atoms with E-state index in [4.69, 9.17) is 0 Å². The highest BCUT2D eigenvalue weighted by molar-refractivity contribution is 7.99. The molecule has 2 aromatic heterocycles. The van der Waals surface area contributed by atoms with E-state index in [1.165, 1.54) is 0 Å². The molecule has 5 nitrogen and oxygen atoms in total. The number of rotatable bonds is 3. The first kappa shape index (κ1) is 13.9. The molecule has 0 aliphatic rings. The number of nitrogens with zero attached hydrogens (tertiary/aromatic N) is 4. The van der Waals surface area contributed by atoms with E-state index in [0.717, 1.165) is 27.7 Å². The smallest absolute Gasteiger partial charge is 0.279 e. The molecule has 1 aromatic carbocycles. The third kappa shape index (κ3) is 2.25. The third-order valence-electron chi connectivity index (χ3n) is 3.55. The molecule has 0 atom stereocenters. The van der Waals surface area contributed by atoms with Gasteiger partial charge in [-0.25, -0.2) is 0 Å². The zero-order chi connectivity index (χ0) is 15.0. The van der Waals surface area contributed by atoms with E-state index in [1.807, 2.05) is 45.2 Å². The van der Waals surface area contributed by atoms with Crippen LogP contribution in [-0.4, -0.2) is 24.9 Å². The standard InChI is InChI=1S/C15H16N4OS/c1-4-21-15-17-16-13-14(20)18(8-9-19(13)15)12-7-5-6-10(2)11(12)3/h5-9H,4H2,1-3H3. The average Bonchev–Trinajstić information content (AvgIpc) is 2.88. The highest BCUT2D eigenvalue weighted by atomic mass is 32.2. The summed E-state index contributed by atoms with van der Waals surface area (Å²) in [6.45, 7) is 6.10. The SMILES string of the molecule is CCSc1nnc2c(=O)n(-c3cccc(C)c3C)ccn12. The summed E-state index contributed by atoms with van der Waals surface area (Å²) in [4.78, 5) is 12.6. The largest absolute Gasteiger partial charge is 0.300 e. The Morgan fingerprint density at radius 2 is 2.00 bits per heavy atom. The fourth-order valence-corrected chi connectivity index (χ4v) is 2.92. The van der Waals surface area contributed by atoms with Crippen molar-refractivity contribution >= 4 is 17.4 Å². The topological polar surface area (TPSA) is 52.2 Å². The highest BCUT2D eigenvalue weighted by Crippen LogP contribution is 2.18. The van der Waals surface area contributed by atoms with Crippen LogP contribution in [0.5, 0.6) is 0 Å². The third-order valence-corrected chi connectivity index (χ3v) is 4.37. The van der Waals surface area contributed by atoms with Gasteiger partial charge in [0.05, 0.1) is 5.69 Å². The minimum absolute atomic E-state index is 0.151. The zero-order valence-corrected chi connectivity index (χ0v) is 13.0. The summed E-state index contributed by atoms with van der Waals surface area (Å²) in [7, 11) is 0. The Labute approximate surface area is 126 Å². The van der Waals surface area contributed by atoms with Crippen molar-refractivity contribution in [2.75, 3.05) is 5.75 Å². The molecule has 0 unspecified atom stereocenters. The van der Waals surface area contributed by atoms with Crippen molar-refractivity contribution in [2.45, 2.75) is 25.9 Å². The maximum atomic E-state index is 12.6. The molecule has 0 spiro atoms. The molecule has 2 heterocycles. The van der Waals surface area contributed by atoms with Crippen molar-refractivity contribution in [3.05, 3.63) is 52.1 Å². The molecular formula is C15H16N4OS. The lowest BCUT2D eigenvalue weighted by atomic mass is 10.1. The van der Waals surface area contributed by atoms with Crippen molar-refractivity contribution in [1.29, 1.82) is 0 Å². The fourth-order valence-electron chi connectivity index (χ4n) is 2.28. The van der Waals surface area contributed by atoms with E-state index in [2.05, 4.69) is 10.2 Å². The summed E-state index contributed by atoms with van der Waals surface area (Å²) in [5.41, 5.74) is 3.33. The lowest BCUT2D eigenvalue weighted by molar-refractivity contribution is 0.890. The Morgan fingerprint density at radius 1 is 1.19 bits per heavy atom. The Hall–Kier alpha value is -2.08. The van der Waals surface area contributed by atoms with Crippen LogP contribution >= 0.6 is 11.8 Å². The van der Waals surface area contributed by atoms with Gasteiger partial charge in [0.25, 0.3) is 0 Å². The van der Waals surface area contributed by atoms with Gasteiger partial charge in [0.1, 0.15) is 0 Å². The van der Waals surface area contributed by atoms with E-state index in [0.29, 0.717) is 5.65 Å². The van der Waals surface area contributed by atoms with Crippen molar-refractivity contribution < 1.29 is 0 Å². The normalized spacial score (nSPS) is 11.2. The molecule has 21 heavy (non-hydrogen) atoms. The quantitative estimate of drug-likeness (QED) is 0.698. The van der Waals surface area contributed by atoms with E-state index >= 15 is 0 Å². The fraction of sp³-hybridized carbons (Fsp3) is 0.267. The Morgan fingerprint density at radius 3 is 2.76 bits per heavy atom. The summed E-state index contributed by atoms with van der Waals surface area (Å²) in [5.74, 6) is 0.890. The number of aryl methyl sites for hydroxylation is 1. The molecule has 6 heteroatoms. The van der Waals surface area contributed by atoms with Crippen LogP contribution in [0.1, 0.15) is 18.1 Å². The number of hydrogen-bond donors (Lipinski definition) is 0. The molecule has 108 valence electrons. The second kappa shape index (κ2) is 5.37. The van der Waals surface area contributed by atoms with Crippen LogP contribution in [0.3, 0.4) is 0 Å². The average molecular weight is 300 g/mol. The molecule has 3 aromatic rings. The Kier molecular flexibility index (Phi) is 3.55. The van der Waals surface area contributed by atoms with Crippen LogP contribution in [0.4, 0.5) is 0 Å². The number of fused-ring (bicyclic) bond motifs is 1. The molecule has 0 fully saturated rings. The molecule has 3 rings (SSSR count).